The van der Waals surface area contributed by atoms with Crippen molar-refractivity contribution < 1.29 is 14.7 Å². The minimum atomic E-state index is -0.867. The molecule has 0 atom stereocenters. The Kier molecular flexibility index (Phi) is 4.92. The highest BCUT2D eigenvalue weighted by Crippen LogP contribution is 2.13. The summed E-state index contributed by atoms with van der Waals surface area (Å²) in [6, 6.07) is 7.14. The van der Waals surface area contributed by atoms with Crippen LogP contribution in [0.25, 0.3) is 0 Å². The Morgan fingerprint density at radius 2 is 2.00 bits per heavy atom. The molecule has 0 spiro atoms. The smallest absolute Gasteiger partial charge is 0.319 e. The molecule has 0 radical (unpaired) electrons. The van der Waals surface area contributed by atoms with Gasteiger partial charge in [0.25, 0.3) is 0 Å². The third kappa shape index (κ3) is 5.90. The molecule has 0 heterocycles. The summed E-state index contributed by atoms with van der Waals surface area (Å²) >= 11 is 0. The van der Waals surface area contributed by atoms with Gasteiger partial charge in [0, 0.05) is 17.6 Å². The number of hydrogen-bond acceptors (Lipinski definition) is 2. The first-order valence-electron chi connectivity index (χ1n) is 6.16. The summed E-state index contributed by atoms with van der Waals surface area (Å²) in [6.45, 7) is 5.54. The number of benzene rings is 1. The van der Waals surface area contributed by atoms with Crippen molar-refractivity contribution in [3.8, 4) is 0 Å². The SMILES string of the molecule is Cc1cccc(NC(=O)NC(C)(C)CCC(=O)O)c1. The van der Waals surface area contributed by atoms with E-state index >= 15 is 0 Å². The minimum Gasteiger partial charge on any atom is -0.481 e. The first-order chi connectivity index (χ1) is 8.78. The number of aryl methyl sites for hydroxylation is 1. The molecule has 0 aliphatic heterocycles. The van der Waals surface area contributed by atoms with Crippen LogP contribution in [0, 0.1) is 6.92 Å². The largest absolute Gasteiger partial charge is 0.481 e. The van der Waals surface area contributed by atoms with E-state index in [9.17, 15) is 9.59 Å². The molecule has 1 aromatic carbocycles. The van der Waals surface area contributed by atoms with Crippen molar-refractivity contribution in [1.82, 2.24) is 5.32 Å². The zero-order valence-corrected chi connectivity index (χ0v) is 11.5. The average Bonchev–Trinajstić information content (AvgIpc) is 2.25. The standard InChI is InChI=1S/C14H20N2O3/c1-10-5-4-6-11(9-10)15-13(19)16-14(2,3)8-7-12(17)18/h4-6,9H,7-8H2,1-3H3,(H,17,18)(H2,15,16,19). The Bertz CT molecular complexity index is 470. The van der Waals surface area contributed by atoms with Crippen molar-refractivity contribution in [3.05, 3.63) is 29.8 Å². The molecular weight excluding hydrogens is 244 g/mol. The molecule has 0 aliphatic rings. The van der Waals surface area contributed by atoms with Crippen molar-refractivity contribution >= 4 is 17.7 Å². The summed E-state index contributed by atoms with van der Waals surface area (Å²) in [6.07, 6.45) is 0.404. The number of aliphatic carboxylic acids is 1. The topological polar surface area (TPSA) is 78.4 Å². The summed E-state index contributed by atoms with van der Waals surface area (Å²) in [5.41, 5.74) is 1.21. The predicted molar refractivity (Wildman–Crippen MR) is 74.3 cm³/mol. The zero-order valence-electron chi connectivity index (χ0n) is 11.5. The molecule has 5 nitrogen and oxygen atoms in total. The van der Waals surface area contributed by atoms with E-state index < -0.39 is 11.5 Å². The van der Waals surface area contributed by atoms with Crippen LogP contribution in [0.5, 0.6) is 0 Å². The van der Waals surface area contributed by atoms with Gasteiger partial charge in [-0.2, -0.15) is 0 Å². The van der Waals surface area contributed by atoms with Crippen molar-refractivity contribution in [3.63, 3.8) is 0 Å². The fourth-order valence-corrected chi connectivity index (χ4v) is 1.67. The first kappa shape index (κ1) is 15.0. The van der Waals surface area contributed by atoms with Crippen molar-refractivity contribution in [2.45, 2.75) is 39.2 Å². The van der Waals surface area contributed by atoms with Crippen LogP contribution in [-0.2, 0) is 4.79 Å². The summed E-state index contributed by atoms with van der Waals surface area (Å²) in [7, 11) is 0. The van der Waals surface area contributed by atoms with E-state index in [2.05, 4.69) is 10.6 Å². The number of urea groups is 1. The second kappa shape index (κ2) is 6.22. The van der Waals surface area contributed by atoms with E-state index in [1.165, 1.54) is 0 Å². The number of carbonyl (C=O) groups excluding carboxylic acids is 1. The maximum Gasteiger partial charge on any atom is 0.319 e. The molecule has 1 rings (SSSR count). The highest BCUT2D eigenvalue weighted by atomic mass is 16.4. The molecule has 3 N–H and O–H groups in total. The lowest BCUT2D eigenvalue weighted by Crippen LogP contribution is -2.45. The van der Waals surface area contributed by atoms with Crippen LogP contribution in [-0.4, -0.2) is 22.6 Å². The monoisotopic (exact) mass is 264 g/mol. The van der Waals surface area contributed by atoms with Crippen LogP contribution in [0.15, 0.2) is 24.3 Å². The van der Waals surface area contributed by atoms with Crippen molar-refractivity contribution in [1.29, 1.82) is 0 Å². The normalized spacial score (nSPS) is 10.9. The lowest BCUT2D eigenvalue weighted by molar-refractivity contribution is -0.137. The van der Waals surface area contributed by atoms with Gasteiger partial charge in [-0.25, -0.2) is 4.79 Å². The maximum atomic E-state index is 11.8. The Morgan fingerprint density at radius 1 is 1.32 bits per heavy atom. The first-order valence-corrected chi connectivity index (χ1v) is 6.16. The maximum absolute atomic E-state index is 11.8. The lowest BCUT2D eigenvalue weighted by atomic mass is 9.99. The van der Waals surface area contributed by atoms with E-state index in [1.54, 1.807) is 19.9 Å². The molecule has 0 saturated carbocycles. The van der Waals surface area contributed by atoms with Gasteiger partial charge < -0.3 is 15.7 Å². The lowest BCUT2D eigenvalue weighted by Gasteiger charge is -2.25. The Labute approximate surface area is 113 Å². The molecule has 5 heteroatoms. The molecule has 0 aromatic heterocycles. The molecule has 2 amide bonds. The third-order valence-electron chi connectivity index (χ3n) is 2.69. The van der Waals surface area contributed by atoms with Gasteiger partial charge >= 0.3 is 12.0 Å². The minimum absolute atomic E-state index is 0.0255. The van der Waals surface area contributed by atoms with E-state index in [4.69, 9.17) is 5.11 Å². The van der Waals surface area contributed by atoms with Gasteiger partial charge in [-0.1, -0.05) is 12.1 Å². The Hall–Kier alpha value is -2.04. The quantitative estimate of drug-likeness (QED) is 0.765. The van der Waals surface area contributed by atoms with Crippen molar-refractivity contribution in [2.75, 3.05) is 5.32 Å². The third-order valence-corrected chi connectivity index (χ3v) is 2.69. The fraction of sp³-hybridized carbons (Fsp3) is 0.429. The molecular formula is C14H20N2O3. The van der Waals surface area contributed by atoms with Crippen LogP contribution < -0.4 is 10.6 Å². The second-order valence-corrected chi connectivity index (χ2v) is 5.23. The summed E-state index contributed by atoms with van der Waals surface area (Å²) in [5.74, 6) is -0.867. The van der Waals surface area contributed by atoms with Crippen molar-refractivity contribution in [2.24, 2.45) is 0 Å². The Balaban J connectivity index is 2.52. The molecule has 0 fully saturated rings. The molecule has 19 heavy (non-hydrogen) atoms. The number of carbonyl (C=O) groups is 2. The van der Waals surface area contributed by atoms with Crippen LogP contribution in [0.1, 0.15) is 32.3 Å². The second-order valence-electron chi connectivity index (χ2n) is 5.23. The molecule has 0 bridgehead atoms. The Morgan fingerprint density at radius 3 is 2.58 bits per heavy atom. The molecule has 0 unspecified atom stereocenters. The van der Waals surface area contributed by atoms with E-state index in [0.717, 1.165) is 5.56 Å². The van der Waals surface area contributed by atoms with Crippen LogP contribution in [0.3, 0.4) is 0 Å². The van der Waals surface area contributed by atoms with Crippen LogP contribution >= 0.6 is 0 Å². The summed E-state index contributed by atoms with van der Waals surface area (Å²) in [4.78, 5) is 22.3. The molecule has 0 aliphatic carbocycles. The van der Waals surface area contributed by atoms with E-state index in [1.807, 2.05) is 25.1 Å². The molecule has 1 aromatic rings. The van der Waals surface area contributed by atoms with Gasteiger partial charge in [0.05, 0.1) is 0 Å². The van der Waals surface area contributed by atoms with Gasteiger partial charge in [0.15, 0.2) is 0 Å². The molecule has 0 saturated heterocycles. The summed E-state index contributed by atoms with van der Waals surface area (Å²) in [5, 5.41) is 14.1. The van der Waals surface area contributed by atoms with Gasteiger partial charge in [-0.3, -0.25) is 4.79 Å². The highest BCUT2D eigenvalue weighted by molar-refractivity contribution is 5.89. The zero-order chi connectivity index (χ0) is 14.5. The highest BCUT2D eigenvalue weighted by Gasteiger charge is 2.21. The van der Waals surface area contributed by atoms with Gasteiger partial charge in [-0.05, 0) is 44.9 Å². The average molecular weight is 264 g/mol. The van der Waals surface area contributed by atoms with Gasteiger partial charge in [0.1, 0.15) is 0 Å². The summed E-state index contributed by atoms with van der Waals surface area (Å²) < 4.78 is 0. The van der Waals surface area contributed by atoms with Gasteiger partial charge in [-0.15, -0.1) is 0 Å². The van der Waals surface area contributed by atoms with Crippen LogP contribution in [0.4, 0.5) is 10.5 Å². The molecule has 104 valence electrons. The van der Waals surface area contributed by atoms with Crippen LogP contribution in [0.2, 0.25) is 0 Å². The number of nitrogens with one attached hydrogen (secondary N) is 2. The number of hydrogen-bond donors (Lipinski definition) is 3. The number of rotatable bonds is 5. The number of carboxylic acid groups (broad SMARTS) is 1. The van der Waals surface area contributed by atoms with Gasteiger partial charge in [0.2, 0.25) is 0 Å². The van der Waals surface area contributed by atoms with E-state index in [-0.39, 0.29) is 12.5 Å². The fourth-order valence-electron chi connectivity index (χ4n) is 1.67. The number of anilines is 1. The number of amides is 2. The predicted octanol–water partition coefficient (Wildman–Crippen LogP) is 2.76. The van der Waals surface area contributed by atoms with E-state index in [0.29, 0.717) is 12.1 Å². The number of carboxylic acids is 1.